The molecule has 2 aliphatic heterocycles. The molecule has 6 nitrogen and oxygen atoms in total. The van der Waals surface area contributed by atoms with Crippen LogP contribution in [0.25, 0.3) is 0 Å². The lowest BCUT2D eigenvalue weighted by molar-refractivity contribution is -0.133. The maximum absolute atomic E-state index is 12.5. The number of hydrogen-bond donors (Lipinski definition) is 1. The zero-order valence-corrected chi connectivity index (χ0v) is 17.3. The molecule has 2 aromatic carbocycles. The summed E-state index contributed by atoms with van der Waals surface area (Å²) in [6, 6.07) is 11.1. The van der Waals surface area contributed by atoms with Gasteiger partial charge in [-0.25, -0.2) is 0 Å². The molecular formula is C21H21Cl2N3O3. The van der Waals surface area contributed by atoms with Gasteiger partial charge in [0.25, 0.3) is 5.91 Å². The van der Waals surface area contributed by atoms with Gasteiger partial charge in [-0.2, -0.15) is 0 Å². The Labute approximate surface area is 179 Å². The molecule has 1 fully saturated rings. The second kappa shape index (κ2) is 8.51. The van der Waals surface area contributed by atoms with Crippen LogP contribution in [-0.4, -0.2) is 49.5 Å². The summed E-state index contributed by atoms with van der Waals surface area (Å²) < 4.78 is 5.67. The molecule has 0 aromatic heterocycles. The number of ether oxygens (including phenoxy) is 1. The fraction of sp³-hybridized carbons (Fsp3) is 0.333. The summed E-state index contributed by atoms with van der Waals surface area (Å²) in [4.78, 5) is 28.1. The molecular weight excluding hydrogens is 413 g/mol. The highest BCUT2D eigenvalue weighted by Gasteiger charge is 2.22. The Morgan fingerprint density at radius 3 is 2.55 bits per heavy atom. The van der Waals surface area contributed by atoms with E-state index in [1.165, 1.54) is 0 Å². The van der Waals surface area contributed by atoms with E-state index in [0.29, 0.717) is 48.4 Å². The topological polar surface area (TPSA) is 61.9 Å². The molecule has 152 valence electrons. The summed E-state index contributed by atoms with van der Waals surface area (Å²) in [6.45, 7) is 2.63. The molecule has 0 spiro atoms. The third-order valence-corrected chi connectivity index (χ3v) is 5.98. The number of anilines is 2. The molecule has 0 aliphatic carbocycles. The maximum Gasteiger partial charge on any atom is 0.260 e. The summed E-state index contributed by atoms with van der Waals surface area (Å²) >= 11 is 12.1. The van der Waals surface area contributed by atoms with Gasteiger partial charge in [0.2, 0.25) is 5.91 Å². The van der Waals surface area contributed by atoms with Crippen molar-refractivity contribution in [3.8, 4) is 5.75 Å². The number of aryl methyl sites for hydroxylation is 1. The van der Waals surface area contributed by atoms with Gasteiger partial charge in [0, 0.05) is 50.0 Å². The van der Waals surface area contributed by atoms with Crippen molar-refractivity contribution in [3.05, 3.63) is 52.0 Å². The van der Waals surface area contributed by atoms with Gasteiger partial charge in [0.1, 0.15) is 5.75 Å². The highest BCUT2D eigenvalue weighted by atomic mass is 35.5. The van der Waals surface area contributed by atoms with Gasteiger partial charge in [-0.3, -0.25) is 9.59 Å². The lowest BCUT2D eigenvalue weighted by Crippen LogP contribution is -2.50. The van der Waals surface area contributed by atoms with Crippen LogP contribution in [0.1, 0.15) is 12.0 Å². The molecule has 29 heavy (non-hydrogen) atoms. The molecule has 0 saturated carbocycles. The lowest BCUT2D eigenvalue weighted by atomic mass is 10.0. The number of rotatable bonds is 4. The van der Waals surface area contributed by atoms with Crippen molar-refractivity contribution in [2.75, 3.05) is 43.0 Å². The molecule has 8 heteroatoms. The summed E-state index contributed by atoms with van der Waals surface area (Å²) in [6.07, 6.45) is 1.23. The third kappa shape index (κ3) is 4.60. The molecule has 0 atom stereocenters. The molecule has 1 N–H and O–H groups in total. The minimum atomic E-state index is -0.0551. The molecule has 2 aliphatic rings. The number of amides is 2. The van der Waals surface area contributed by atoms with Gasteiger partial charge in [0.15, 0.2) is 6.61 Å². The quantitative estimate of drug-likeness (QED) is 0.799. The number of benzene rings is 2. The van der Waals surface area contributed by atoms with Crippen molar-refractivity contribution in [1.29, 1.82) is 0 Å². The molecule has 0 unspecified atom stereocenters. The predicted molar refractivity (Wildman–Crippen MR) is 114 cm³/mol. The third-order valence-electron chi connectivity index (χ3n) is 5.24. The Morgan fingerprint density at radius 2 is 1.79 bits per heavy atom. The number of fused-ring (bicyclic) bond motifs is 1. The number of piperazine rings is 1. The Kier molecular flexibility index (Phi) is 5.83. The van der Waals surface area contributed by atoms with Crippen LogP contribution in [0.3, 0.4) is 0 Å². The van der Waals surface area contributed by atoms with Crippen molar-refractivity contribution in [2.45, 2.75) is 12.8 Å². The number of carbonyl (C=O) groups excluding carboxylic acids is 2. The normalized spacial score (nSPS) is 16.3. The van der Waals surface area contributed by atoms with Crippen LogP contribution >= 0.6 is 23.2 Å². The molecule has 2 aromatic rings. The zero-order valence-electron chi connectivity index (χ0n) is 15.8. The van der Waals surface area contributed by atoms with E-state index in [4.69, 9.17) is 27.9 Å². The van der Waals surface area contributed by atoms with Crippen LogP contribution in [0.5, 0.6) is 5.75 Å². The Bertz CT molecular complexity index is 943. The zero-order chi connectivity index (χ0) is 20.4. The summed E-state index contributed by atoms with van der Waals surface area (Å²) in [7, 11) is 0. The summed E-state index contributed by atoms with van der Waals surface area (Å²) in [5.41, 5.74) is 2.85. The molecule has 2 heterocycles. The first-order valence-corrected chi connectivity index (χ1v) is 10.3. The summed E-state index contributed by atoms with van der Waals surface area (Å²) in [5.74, 6) is 0.528. The van der Waals surface area contributed by atoms with Gasteiger partial charge in [-0.15, -0.1) is 0 Å². The van der Waals surface area contributed by atoms with Gasteiger partial charge in [-0.05, 0) is 36.2 Å². The first-order valence-electron chi connectivity index (χ1n) is 9.53. The van der Waals surface area contributed by atoms with Gasteiger partial charge in [-0.1, -0.05) is 29.3 Å². The maximum atomic E-state index is 12.5. The minimum absolute atomic E-state index is 0.00516. The number of hydrogen-bond acceptors (Lipinski definition) is 4. The monoisotopic (exact) mass is 433 g/mol. The van der Waals surface area contributed by atoms with Crippen LogP contribution in [0.4, 0.5) is 11.4 Å². The first kappa shape index (κ1) is 19.9. The van der Waals surface area contributed by atoms with E-state index in [2.05, 4.69) is 10.2 Å². The number of halogens is 2. The van der Waals surface area contributed by atoms with Crippen LogP contribution in [0, 0.1) is 0 Å². The minimum Gasteiger partial charge on any atom is -0.484 e. The molecule has 4 rings (SSSR count). The number of nitrogens with zero attached hydrogens (tertiary/aromatic N) is 2. The Hall–Kier alpha value is -2.44. The molecule has 0 radical (unpaired) electrons. The van der Waals surface area contributed by atoms with E-state index in [0.717, 1.165) is 23.4 Å². The predicted octanol–water partition coefficient (Wildman–Crippen LogP) is 3.61. The van der Waals surface area contributed by atoms with Gasteiger partial charge >= 0.3 is 0 Å². The smallest absolute Gasteiger partial charge is 0.260 e. The van der Waals surface area contributed by atoms with Gasteiger partial charge < -0.3 is 19.9 Å². The van der Waals surface area contributed by atoms with E-state index >= 15 is 0 Å². The fourth-order valence-corrected chi connectivity index (χ4v) is 3.87. The van der Waals surface area contributed by atoms with E-state index in [1.807, 2.05) is 24.3 Å². The highest BCUT2D eigenvalue weighted by molar-refractivity contribution is 6.42. The molecule has 2 amide bonds. The van der Waals surface area contributed by atoms with E-state index in [1.54, 1.807) is 17.0 Å². The van der Waals surface area contributed by atoms with Crippen molar-refractivity contribution >= 4 is 46.4 Å². The van der Waals surface area contributed by atoms with Crippen molar-refractivity contribution < 1.29 is 14.3 Å². The second-order valence-electron chi connectivity index (χ2n) is 7.12. The van der Waals surface area contributed by atoms with Crippen molar-refractivity contribution in [1.82, 2.24) is 4.90 Å². The van der Waals surface area contributed by atoms with Crippen LogP contribution in [0.15, 0.2) is 36.4 Å². The van der Waals surface area contributed by atoms with E-state index < -0.39 is 0 Å². The van der Waals surface area contributed by atoms with E-state index in [-0.39, 0.29) is 18.4 Å². The fourth-order valence-electron chi connectivity index (χ4n) is 3.57. The van der Waals surface area contributed by atoms with Crippen LogP contribution in [0.2, 0.25) is 10.0 Å². The van der Waals surface area contributed by atoms with Crippen LogP contribution in [-0.2, 0) is 16.0 Å². The second-order valence-corrected chi connectivity index (χ2v) is 7.94. The largest absolute Gasteiger partial charge is 0.484 e. The van der Waals surface area contributed by atoms with Crippen molar-refractivity contribution in [3.63, 3.8) is 0 Å². The first-order chi connectivity index (χ1) is 14.0. The standard InChI is InChI=1S/C21H21Cl2N3O3/c22-17-5-3-15(11-18(17)23)25-7-9-26(10-8-25)21(28)13-29-16-4-1-14-2-6-20(27)24-19(14)12-16/h1,3-5,11-12H,2,6-10,13H2,(H,24,27). The highest BCUT2D eigenvalue weighted by Crippen LogP contribution is 2.28. The van der Waals surface area contributed by atoms with Crippen LogP contribution < -0.4 is 15.0 Å². The summed E-state index contributed by atoms with van der Waals surface area (Å²) in [5, 5.41) is 3.90. The number of nitrogens with one attached hydrogen (secondary N) is 1. The average Bonchev–Trinajstić information content (AvgIpc) is 2.73. The SMILES string of the molecule is O=C1CCc2ccc(OCC(=O)N3CCN(c4ccc(Cl)c(Cl)c4)CC3)cc2N1. The lowest BCUT2D eigenvalue weighted by Gasteiger charge is -2.36. The average molecular weight is 434 g/mol. The van der Waals surface area contributed by atoms with Crippen molar-refractivity contribution in [2.24, 2.45) is 0 Å². The Morgan fingerprint density at radius 1 is 1.00 bits per heavy atom. The molecule has 0 bridgehead atoms. The van der Waals surface area contributed by atoms with E-state index in [9.17, 15) is 9.59 Å². The molecule has 1 saturated heterocycles. The van der Waals surface area contributed by atoms with Gasteiger partial charge in [0.05, 0.1) is 10.0 Å². The Balaban J connectivity index is 1.29. The number of carbonyl (C=O) groups is 2.